The van der Waals surface area contributed by atoms with Crippen molar-refractivity contribution in [2.75, 3.05) is 5.32 Å². The summed E-state index contributed by atoms with van der Waals surface area (Å²) in [5, 5.41) is 3.54. The predicted molar refractivity (Wildman–Crippen MR) is 65.1 cm³/mol. The molecule has 0 heterocycles. The second-order valence-corrected chi connectivity index (χ2v) is 4.00. The number of hydrogen-bond acceptors (Lipinski definition) is 1. The van der Waals surface area contributed by atoms with Crippen molar-refractivity contribution in [3.05, 3.63) is 64.7 Å². The molecule has 0 bridgehead atoms. The SMILES string of the molecule is Fc1ccc(NCc2cc(F)ccc2Cl)cc1. The van der Waals surface area contributed by atoms with E-state index in [1.54, 1.807) is 12.1 Å². The van der Waals surface area contributed by atoms with E-state index in [0.717, 1.165) is 5.69 Å². The quantitative estimate of drug-likeness (QED) is 0.863. The van der Waals surface area contributed by atoms with Crippen LogP contribution in [0, 0.1) is 11.6 Å². The van der Waals surface area contributed by atoms with E-state index in [9.17, 15) is 8.78 Å². The lowest BCUT2D eigenvalue weighted by Crippen LogP contribution is -2.00. The largest absolute Gasteiger partial charge is 0.381 e. The van der Waals surface area contributed by atoms with Gasteiger partial charge in [0.25, 0.3) is 0 Å². The zero-order valence-corrected chi connectivity index (χ0v) is 9.64. The van der Waals surface area contributed by atoms with Crippen molar-refractivity contribution < 1.29 is 8.78 Å². The summed E-state index contributed by atoms with van der Waals surface area (Å²) < 4.78 is 25.7. The van der Waals surface area contributed by atoms with Crippen LogP contribution in [0.4, 0.5) is 14.5 Å². The summed E-state index contributed by atoms with van der Waals surface area (Å²) in [5.41, 5.74) is 1.42. The Kier molecular flexibility index (Phi) is 3.59. The van der Waals surface area contributed by atoms with Crippen LogP contribution in [0.15, 0.2) is 42.5 Å². The molecule has 1 nitrogen and oxygen atoms in total. The summed E-state index contributed by atoms with van der Waals surface area (Å²) >= 11 is 5.92. The first kappa shape index (κ1) is 11.9. The van der Waals surface area contributed by atoms with Gasteiger partial charge in [0.1, 0.15) is 11.6 Å². The van der Waals surface area contributed by atoms with Crippen LogP contribution < -0.4 is 5.32 Å². The third-order valence-corrected chi connectivity index (χ3v) is 2.70. The second kappa shape index (κ2) is 5.15. The fraction of sp³-hybridized carbons (Fsp3) is 0.0769. The second-order valence-electron chi connectivity index (χ2n) is 3.60. The Hall–Kier alpha value is -1.61. The summed E-state index contributed by atoms with van der Waals surface area (Å²) in [6.07, 6.45) is 0. The number of hydrogen-bond donors (Lipinski definition) is 1. The third kappa shape index (κ3) is 3.17. The lowest BCUT2D eigenvalue weighted by Gasteiger charge is -2.08. The number of rotatable bonds is 3. The molecular weight excluding hydrogens is 244 g/mol. The molecule has 88 valence electrons. The van der Waals surface area contributed by atoms with Gasteiger partial charge in [-0.15, -0.1) is 0 Å². The van der Waals surface area contributed by atoms with E-state index in [4.69, 9.17) is 11.6 Å². The van der Waals surface area contributed by atoms with Gasteiger partial charge in [-0.25, -0.2) is 8.78 Å². The summed E-state index contributed by atoms with van der Waals surface area (Å²) in [6.45, 7) is 0.391. The van der Waals surface area contributed by atoms with Crippen molar-refractivity contribution in [3.8, 4) is 0 Å². The Morgan fingerprint density at radius 1 is 0.941 bits per heavy atom. The van der Waals surface area contributed by atoms with Gasteiger partial charge in [0.2, 0.25) is 0 Å². The Bertz CT molecular complexity index is 511. The molecular formula is C13H10ClF2N. The van der Waals surface area contributed by atoms with Gasteiger partial charge in [0, 0.05) is 17.3 Å². The summed E-state index contributed by atoms with van der Waals surface area (Å²) in [6, 6.07) is 10.1. The minimum Gasteiger partial charge on any atom is -0.381 e. The van der Waals surface area contributed by atoms with Crippen molar-refractivity contribution in [2.24, 2.45) is 0 Å². The van der Waals surface area contributed by atoms with Gasteiger partial charge in [-0.3, -0.25) is 0 Å². The molecule has 0 saturated carbocycles. The summed E-state index contributed by atoms with van der Waals surface area (Å²) in [5.74, 6) is -0.621. The van der Waals surface area contributed by atoms with E-state index in [1.165, 1.54) is 30.3 Å². The highest BCUT2D eigenvalue weighted by atomic mass is 35.5. The minimum atomic E-state index is -0.328. The first-order chi connectivity index (χ1) is 8.15. The van der Waals surface area contributed by atoms with Gasteiger partial charge < -0.3 is 5.32 Å². The maximum Gasteiger partial charge on any atom is 0.123 e. The molecule has 4 heteroatoms. The first-order valence-corrected chi connectivity index (χ1v) is 5.46. The number of halogens is 3. The fourth-order valence-electron chi connectivity index (χ4n) is 1.44. The van der Waals surface area contributed by atoms with Crippen molar-refractivity contribution in [3.63, 3.8) is 0 Å². The molecule has 2 aromatic carbocycles. The molecule has 2 rings (SSSR count). The molecule has 0 aliphatic heterocycles. The normalized spacial score (nSPS) is 10.3. The highest BCUT2D eigenvalue weighted by Gasteiger charge is 2.02. The Labute approximate surface area is 103 Å². The molecule has 17 heavy (non-hydrogen) atoms. The molecule has 0 aliphatic rings. The molecule has 0 spiro atoms. The van der Waals surface area contributed by atoms with E-state index in [-0.39, 0.29) is 11.6 Å². The van der Waals surface area contributed by atoms with E-state index in [2.05, 4.69) is 5.32 Å². The van der Waals surface area contributed by atoms with Crippen LogP contribution in [-0.4, -0.2) is 0 Å². The van der Waals surface area contributed by atoms with Gasteiger partial charge in [-0.1, -0.05) is 11.6 Å². The Morgan fingerprint density at radius 2 is 1.59 bits per heavy atom. The molecule has 0 radical (unpaired) electrons. The molecule has 0 fully saturated rings. The van der Waals surface area contributed by atoms with Crippen LogP contribution in [0.25, 0.3) is 0 Å². The van der Waals surface area contributed by atoms with Crippen LogP contribution in [0.2, 0.25) is 5.02 Å². The Morgan fingerprint density at radius 3 is 2.29 bits per heavy atom. The summed E-state index contributed by atoms with van der Waals surface area (Å²) in [7, 11) is 0. The number of benzene rings is 2. The number of anilines is 1. The van der Waals surface area contributed by atoms with Crippen molar-refractivity contribution in [1.29, 1.82) is 0 Å². The molecule has 0 unspecified atom stereocenters. The van der Waals surface area contributed by atoms with E-state index in [0.29, 0.717) is 17.1 Å². The molecule has 0 amide bonds. The van der Waals surface area contributed by atoms with Crippen LogP contribution in [0.1, 0.15) is 5.56 Å². The first-order valence-electron chi connectivity index (χ1n) is 5.08. The molecule has 0 saturated heterocycles. The monoisotopic (exact) mass is 253 g/mol. The van der Waals surface area contributed by atoms with E-state index < -0.39 is 0 Å². The topological polar surface area (TPSA) is 12.0 Å². The predicted octanol–water partition coefficient (Wildman–Crippen LogP) is 4.23. The molecule has 1 N–H and O–H groups in total. The van der Waals surface area contributed by atoms with Gasteiger partial charge in [-0.05, 0) is 48.0 Å². The van der Waals surface area contributed by atoms with Crippen molar-refractivity contribution in [1.82, 2.24) is 0 Å². The van der Waals surface area contributed by atoms with Gasteiger partial charge in [0.05, 0.1) is 0 Å². The smallest absolute Gasteiger partial charge is 0.123 e. The average molecular weight is 254 g/mol. The maximum absolute atomic E-state index is 13.0. The van der Waals surface area contributed by atoms with E-state index in [1.807, 2.05) is 0 Å². The zero-order valence-electron chi connectivity index (χ0n) is 8.88. The molecule has 0 atom stereocenters. The lowest BCUT2D eigenvalue weighted by atomic mass is 10.2. The fourth-order valence-corrected chi connectivity index (χ4v) is 1.63. The maximum atomic E-state index is 13.0. The zero-order chi connectivity index (χ0) is 12.3. The molecule has 0 aromatic heterocycles. The van der Waals surface area contributed by atoms with Crippen molar-refractivity contribution >= 4 is 17.3 Å². The highest BCUT2D eigenvalue weighted by molar-refractivity contribution is 6.31. The Balaban J connectivity index is 2.07. The standard InChI is InChI=1S/C13H10ClF2N/c14-13-6-3-11(16)7-9(13)8-17-12-4-1-10(15)2-5-12/h1-7,17H,8H2. The van der Waals surface area contributed by atoms with Crippen LogP contribution in [0.3, 0.4) is 0 Å². The lowest BCUT2D eigenvalue weighted by molar-refractivity contribution is 0.626. The van der Waals surface area contributed by atoms with Crippen molar-refractivity contribution in [2.45, 2.75) is 6.54 Å². The third-order valence-electron chi connectivity index (χ3n) is 2.33. The van der Waals surface area contributed by atoms with Gasteiger partial charge >= 0.3 is 0 Å². The van der Waals surface area contributed by atoms with Crippen LogP contribution >= 0.6 is 11.6 Å². The molecule has 0 aliphatic carbocycles. The highest BCUT2D eigenvalue weighted by Crippen LogP contribution is 2.18. The van der Waals surface area contributed by atoms with Crippen LogP contribution in [-0.2, 0) is 6.54 Å². The van der Waals surface area contributed by atoms with Gasteiger partial charge in [-0.2, -0.15) is 0 Å². The minimum absolute atomic E-state index is 0.292. The van der Waals surface area contributed by atoms with Gasteiger partial charge in [0.15, 0.2) is 0 Å². The molecule has 2 aromatic rings. The average Bonchev–Trinajstić information content (AvgIpc) is 2.32. The number of nitrogens with one attached hydrogen (secondary N) is 1. The van der Waals surface area contributed by atoms with Crippen LogP contribution in [0.5, 0.6) is 0 Å². The van der Waals surface area contributed by atoms with E-state index >= 15 is 0 Å². The summed E-state index contributed by atoms with van der Waals surface area (Å²) in [4.78, 5) is 0.